The molecule has 1 saturated heterocycles. The van der Waals surface area contributed by atoms with Gasteiger partial charge in [-0.1, -0.05) is 19.3 Å². The van der Waals surface area contributed by atoms with Crippen molar-refractivity contribution in [3.05, 3.63) is 0 Å². The predicted molar refractivity (Wildman–Crippen MR) is 78.6 cm³/mol. The SMILES string of the molecule is CC(C)(CN1CCCCC1C1CCCCC1O)C(=O)O. The van der Waals surface area contributed by atoms with Gasteiger partial charge in [0, 0.05) is 18.5 Å². The lowest BCUT2D eigenvalue weighted by Gasteiger charge is -2.45. The largest absolute Gasteiger partial charge is 0.481 e. The minimum atomic E-state index is -0.731. The number of aliphatic hydroxyl groups is 1. The number of hydrogen-bond acceptors (Lipinski definition) is 3. The summed E-state index contributed by atoms with van der Waals surface area (Å²) in [5.74, 6) is -0.389. The summed E-state index contributed by atoms with van der Waals surface area (Å²) < 4.78 is 0. The Morgan fingerprint density at radius 3 is 2.45 bits per heavy atom. The zero-order valence-corrected chi connectivity index (χ0v) is 12.8. The van der Waals surface area contributed by atoms with Gasteiger partial charge < -0.3 is 10.2 Å². The molecule has 0 amide bonds. The molecule has 2 rings (SSSR count). The van der Waals surface area contributed by atoms with Crippen LogP contribution in [0.15, 0.2) is 0 Å². The number of aliphatic hydroxyl groups excluding tert-OH is 1. The number of carboxylic acid groups (broad SMARTS) is 1. The van der Waals surface area contributed by atoms with E-state index in [2.05, 4.69) is 4.90 Å². The fourth-order valence-electron chi connectivity index (χ4n) is 3.86. The molecule has 0 spiro atoms. The molecule has 3 atom stereocenters. The number of hydrogen-bond donors (Lipinski definition) is 2. The summed E-state index contributed by atoms with van der Waals surface area (Å²) in [7, 11) is 0. The van der Waals surface area contributed by atoms with Gasteiger partial charge in [0.1, 0.15) is 0 Å². The molecule has 0 aromatic carbocycles. The van der Waals surface area contributed by atoms with Crippen LogP contribution in [0.25, 0.3) is 0 Å². The van der Waals surface area contributed by atoms with E-state index in [0.29, 0.717) is 18.5 Å². The summed E-state index contributed by atoms with van der Waals surface area (Å²) in [6.07, 6.45) is 7.61. The lowest BCUT2D eigenvalue weighted by Crippen LogP contribution is -2.52. The lowest BCUT2D eigenvalue weighted by atomic mass is 9.77. The summed E-state index contributed by atoms with van der Waals surface area (Å²) in [6.45, 7) is 5.18. The maximum Gasteiger partial charge on any atom is 0.310 e. The van der Waals surface area contributed by atoms with Crippen LogP contribution < -0.4 is 0 Å². The molecule has 4 heteroatoms. The number of piperidine rings is 1. The molecule has 1 saturated carbocycles. The van der Waals surface area contributed by atoms with E-state index in [1.54, 1.807) is 13.8 Å². The average molecular weight is 283 g/mol. The van der Waals surface area contributed by atoms with E-state index in [9.17, 15) is 15.0 Å². The van der Waals surface area contributed by atoms with E-state index < -0.39 is 11.4 Å². The fraction of sp³-hybridized carbons (Fsp3) is 0.938. The number of rotatable bonds is 4. The topological polar surface area (TPSA) is 60.8 Å². The highest BCUT2D eigenvalue weighted by atomic mass is 16.4. The van der Waals surface area contributed by atoms with Crippen LogP contribution >= 0.6 is 0 Å². The average Bonchev–Trinajstić information content (AvgIpc) is 2.40. The molecule has 116 valence electrons. The number of carbonyl (C=O) groups is 1. The van der Waals surface area contributed by atoms with Crippen LogP contribution in [0, 0.1) is 11.3 Å². The van der Waals surface area contributed by atoms with E-state index in [1.165, 1.54) is 12.8 Å². The van der Waals surface area contributed by atoms with Crippen molar-refractivity contribution in [2.24, 2.45) is 11.3 Å². The minimum Gasteiger partial charge on any atom is -0.481 e. The van der Waals surface area contributed by atoms with Gasteiger partial charge in [-0.3, -0.25) is 9.69 Å². The van der Waals surface area contributed by atoms with E-state index >= 15 is 0 Å². The van der Waals surface area contributed by atoms with Crippen molar-refractivity contribution >= 4 is 5.97 Å². The summed E-state index contributed by atoms with van der Waals surface area (Å²) in [6, 6.07) is 0.373. The quantitative estimate of drug-likeness (QED) is 0.832. The van der Waals surface area contributed by atoms with Gasteiger partial charge in [-0.05, 0) is 46.1 Å². The van der Waals surface area contributed by atoms with Gasteiger partial charge in [-0.2, -0.15) is 0 Å². The molecule has 4 nitrogen and oxygen atoms in total. The van der Waals surface area contributed by atoms with Crippen molar-refractivity contribution in [2.75, 3.05) is 13.1 Å². The second-order valence-electron chi connectivity index (χ2n) is 7.24. The van der Waals surface area contributed by atoms with Gasteiger partial charge in [-0.25, -0.2) is 0 Å². The maximum absolute atomic E-state index is 11.4. The third-order valence-electron chi connectivity index (χ3n) is 5.12. The van der Waals surface area contributed by atoms with Crippen molar-refractivity contribution in [1.82, 2.24) is 4.90 Å². The number of nitrogens with zero attached hydrogens (tertiary/aromatic N) is 1. The van der Waals surface area contributed by atoms with Crippen molar-refractivity contribution in [3.8, 4) is 0 Å². The second kappa shape index (κ2) is 6.44. The Kier molecular flexibility index (Phi) is 5.08. The van der Waals surface area contributed by atoms with Crippen LogP contribution in [0.3, 0.4) is 0 Å². The molecule has 0 radical (unpaired) electrons. The molecule has 1 aliphatic heterocycles. The van der Waals surface area contributed by atoms with Crippen molar-refractivity contribution in [2.45, 2.75) is 70.9 Å². The highest BCUT2D eigenvalue weighted by Crippen LogP contribution is 2.35. The smallest absolute Gasteiger partial charge is 0.310 e. The van der Waals surface area contributed by atoms with Gasteiger partial charge >= 0.3 is 5.97 Å². The van der Waals surface area contributed by atoms with Crippen LogP contribution in [0.2, 0.25) is 0 Å². The summed E-state index contributed by atoms with van der Waals surface area (Å²) >= 11 is 0. The molecule has 3 unspecified atom stereocenters. The van der Waals surface area contributed by atoms with Crippen LogP contribution in [0.4, 0.5) is 0 Å². The van der Waals surface area contributed by atoms with Crippen LogP contribution in [0.1, 0.15) is 58.8 Å². The maximum atomic E-state index is 11.4. The number of aliphatic carboxylic acids is 1. The first-order valence-electron chi connectivity index (χ1n) is 8.07. The van der Waals surface area contributed by atoms with Crippen molar-refractivity contribution < 1.29 is 15.0 Å². The molecule has 0 bridgehead atoms. The molecule has 0 aromatic rings. The third-order valence-corrected chi connectivity index (χ3v) is 5.12. The molecule has 1 heterocycles. The molecule has 2 aliphatic rings. The second-order valence-corrected chi connectivity index (χ2v) is 7.24. The van der Waals surface area contributed by atoms with Gasteiger partial charge in [0.15, 0.2) is 0 Å². The van der Waals surface area contributed by atoms with E-state index in [1.807, 2.05) is 0 Å². The molecule has 1 aliphatic carbocycles. The minimum absolute atomic E-state index is 0.192. The molecule has 0 aromatic heterocycles. The Morgan fingerprint density at radius 2 is 1.80 bits per heavy atom. The Morgan fingerprint density at radius 1 is 1.15 bits per heavy atom. The van der Waals surface area contributed by atoms with E-state index in [0.717, 1.165) is 38.6 Å². The Hall–Kier alpha value is -0.610. The standard InChI is InChI=1S/C16H29NO3/c1-16(2,15(19)20)11-17-10-6-5-8-13(17)12-7-3-4-9-14(12)18/h12-14,18H,3-11H2,1-2H3,(H,19,20). The molecular weight excluding hydrogens is 254 g/mol. The Balaban J connectivity index is 2.06. The van der Waals surface area contributed by atoms with Crippen molar-refractivity contribution in [3.63, 3.8) is 0 Å². The summed E-state index contributed by atoms with van der Waals surface area (Å²) in [4.78, 5) is 13.7. The fourth-order valence-corrected chi connectivity index (χ4v) is 3.86. The van der Waals surface area contributed by atoms with Crippen LogP contribution in [-0.2, 0) is 4.79 Å². The first-order chi connectivity index (χ1) is 9.42. The zero-order chi connectivity index (χ0) is 14.8. The highest BCUT2D eigenvalue weighted by molar-refractivity contribution is 5.73. The number of likely N-dealkylation sites (tertiary alicyclic amines) is 1. The van der Waals surface area contributed by atoms with Crippen LogP contribution in [-0.4, -0.2) is 46.3 Å². The molecule has 2 fully saturated rings. The summed E-state index contributed by atoms with van der Waals surface area (Å²) in [5.41, 5.74) is -0.713. The van der Waals surface area contributed by atoms with Gasteiger partial charge in [0.2, 0.25) is 0 Å². The lowest BCUT2D eigenvalue weighted by molar-refractivity contribution is -0.149. The normalized spacial score (nSPS) is 33.0. The van der Waals surface area contributed by atoms with Crippen LogP contribution in [0.5, 0.6) is 0 Å². The Bertz CT molecular complexity index is 343. The first kappa shape index (κ1) is 15.8. The van der Waals surface area contributed by atoms with Gasteiger partial charge in [0.25, 0.3) is 0 Å². The first-order valence-corrected chi connectivity index (χ1v) is 8.07. The van der Waals surface area contributed by atoms with E-state index in [4.69, 9.17) is 0 Å². The number of carboxylic acids is 1. The predicted octanol–water partition coefficient (Wildman–Crippen LogP) is 2.50. The molecule has 20 heavy (non-hydrogen) atoms. The third kappa shape index (κ3) is 3.53. The van der Waals surface area contributed by atoms with E-state index in [-0.39, 0.29) is 6.10 Å². The zero-order valence-electron chi connectivity index (χ0n) is 12.8. The summed E-state index contributed by atoms with van der Waals surface area (Å²) in [5, 5.41) is 19.6. The van der Waals surface area contributed by atoms with Crippen molar-refractivity contribution in [1.29, 1.82) is 0 Å². The highest BCUT2D eigenvalue weighted by Gasteiger charge is 2.39. The molecule has 2 N–H and O–H groups in total. The molecular formula is C16H29NO3. The Labute approximate surface area is 122 Å². The van der Waals surface area contributed by atoms with Gasteiger partial charge in [-0.15, -0.1) is 0 Å². The van der Waals surface area contributed by atoms with Gasteiger partial charge in [0.05, 0.1) is 11.5 Å². The monoisotopic (exact) mass is 283 g/mol.